The molecule has 1 aliphatic heterocycles. The zero-order valence-electron chi connectivity index (χ0n) is 8.63. The van der Waals surface area contributed by atoms with Gasteiger partial charge in [-0.15, -0.1) is 0 Å². The molecule has 2 heteroatoms. The van der Waals surface area contributed by atoms with Gasteiger partial charge in [0.1, 0.15) is 0 Å². The van der Waals surface area contributed by atoms with Crippen LogP contribution in [-0.2, 0) is 17.8 Å². The number of carbonyl (C=O) groups excluding carboxylic acids is 1. The highest BCUT2D eigenvalue weighted by Crippen LogP contribution is 2.24. The first-order valence-corrected chi connectivity index (χ1v) is 5.06. The van der Waals surface area contributed by atoms with E-state index in [2.05, 4.69) is 31.3 Å². The minimum Gasteiger partial charge on any atom is -0.352 e. The monoisotopic (exact) mass is 189 g/mol. The molecule has 74 valence electrons. The Labute approximate surface area is 84.3 Å². The quantitative estimate of drug-likeness (QED) is 0.719. The van der Waals surface area contributed by atoms with E-state index < -0.39 is 0 Å². The van der Waals surface area contributed by atoms with Crippen LogP contribution in [0.15, 0.2) is 18.2 Å². The minimum atomic E-state index is 0.137. The van der Waals surface area contributed by atoms with Crippen LogP contribution >= 0.6 is 0 Å². The summed E-state index contributed by atoms with van der Waals surface area (Å²) in [6, 6.07) is 6.26. The molecule has 2 rings (SSSR count). The van der Waals surface area contributed by atoms with Crippen LogP contribution in [0.1, 0.15) is 36.5 Å². The van der Waals surface area contributed by atoms with Crippen LogP contribution in [0.2, 0.25) is 0 Å². The third-order valence-corrected chi connectivity index (χ3v) is 2.74. The third-order valence-electron chi connectivity index (χ3n) is 2.74. The van der Waals surface area contributed by atoms with E-state index in [4.69, 9.17) is 0 Å². The smallest absolute Gasteiger partial charge is 0.224 e. The van der Waals surface area contributed by atoms with Gasteiger partial charge in [0.05, 0.1) is 6.42 Å². The van der Waals surface area contributed by atoms with Crippen molar-refractivity contribution in [2.24, 2.45) is 0 Å². The Balaban J connectivity index is 2.46. The summed E-state index contributed by atoms with van der Waals surface area (Å²) in [5.41, 5.74) is 3.88. The van der Waals surface area contributed by atoms with Gasteiger partial charge in [0.25, 0.3) is 0 Å². The molecule has 2 nitrogen and oxygen atoms in total. The molecule has 1 aliphatic rings. The second-order valence-electron chi connectivity index (χ2n) is 4.09. The van der Waals surface area contributed by atoms with Gasteiger partial charge in [0, 0.05) is 6.54 Å². The van der Waals surface area contributed by atoms with Crippen molar-refractivity contribution in [3.05, 3.63) is 34.9 Å². The molecule has 1 heterocycles. The molecule has 0 fully saturated rings. The molecular formula is C12H15NO. The highest BCUT2D eigenvalue weighted by Gasteiger charge is 2.18. The zero-order chi connectivity index (χ0) is 10.1. The number of rotatable bonds is 1. The van der Waals surface area contributed by atoms with Crippen LogP contribution in [0.3, 0.4) is 0 Å². The number of carbonyl (C=O) groups is 1. The molecule has 0 radical (unpaired) electrons. The summed E-state index contributed by atoms with van der Waals surface area (Å²) in [6.45, 7) is 5.07. The second kappa shape index (κ2) is 3.45. The molecule has 0 atom stereocenters. The van der Waals surface area contributed by atoms with Crippen LogP contribution in [0.25, 0.3) is 0 Å². The Morgan fingerprint density at radius 2 is 2.14 bits per heavy atom. The molecule has 0 aliphatic carbocycles. The van der Waals surface area contributed by atoms with Gasteiger partial charge in [-0.2, -0.15) is 0 Å². The van der Waals surface area contributed by atoms with Crippen molar-refractivity contribution >= 4 is 5.91 Å². The van der Waals surface area contributed by atoms with Crippen LogP contribution in [0.4, 0.5) is 0 Å². The lowest BCUT2D eigenvalue weighted by molar-refractivity contribution is -0.121. The molecule has 1 N–H and O–H groups in total. The summed E-state index contributed by atoms with van der Waals surface area (Å²) in [5.74, 6) is 0.665. The van der Waals surface area contributed by atoms with Gasteiger partial charge in [-0.3, -0.25) is 4.79 Å². The molecule has 0 spiro atoms. The number of nitrogens with one attached hydrogen (secondary N) is 1. The van der Waals surface area contributed by atoms with Crippen molar-refractivity contribution in [2.45, 2.75) is 32.7 Å². The van der Waals surface area contributed by atoms with E-state index in [0.717, 1.165) is 0 Å². The molecule has 0 unspecified atom stereocenters. The molecule has 1 aromatic rings. The van der Waals surface area contributed by atoms with Crippen molar-refractivity contribution in [3.63, 3.8) is 0 Å². The van der Waals surface area contributed by atoms with Crippen molar-refractivity contribution in [2.75, 3.05) is 0 Å². The molecule has 0 aromatic heterocycles. The molecule has 14 heavy (non-hydrogen) atoms. The van der Waals surface area contributed by atoms with Gasteiger partial charge in [-0.05, 0) is 22.6 Å². The minimum absolute atomic E-state index is 0.137. The molecule has 0 bridgehead atoms. The molecule has 0 saturated heterocycles. The van der Waals surface area contributed by atoms with E-state index in [0.29, 0.717) is 18.9 Å². The van der Waals surface area contributed by atoms with Gasteiger partial charge in [-0.25, -0.2) is 0 Å². The summed E-state index contributed by atoms with van der Waals surface area (Å²) in [5, 5.41) is 2.89. The zero-order valence-corrected chi connectivity index (χ0v) is 8.63. The lowest BCUT2D eigenvalue weighted by Gasteiger charge is -2.21. The highest BCUT2D eigenvalue weighted by molar-refractivity contribution is 5.80. The number of amides is 1. The fourth-order valence-corrected chi connectivity index (χ4v) is 2.00. The first kappa shape index (κ1) is 9.25. The van der Waals surface area contributed by atoms with E-state index >= 15 is 0 Å². The lowest BCUT2D eigenvalue weighted by atomic mass is 9.90. The number of fused-ring (bicyclic) bond motifs is 1. The van der Waals surface area contributed by atoms with E-state index in [-0.39, 0.29) is 5.91 Å². The number of benzene rings is 1. The highest BCUT2D eigenvalue weighted by atomic mass is 16.1. The lowest BCUT2D eigenvalue weighted by Crippen LogP contribution is -2.31. The summed E-state index contributed by atoms with van der Waals surface area (Å²) in [7, 11) is 0. The van der Waals surface area contributed by atoms with Crippen molar-refractivity contribution in [1.82, 2.24) is 5.32 Å². The Kier molecular flexibility index (Phi) is 2.28. The van der Waals surface area contributed by atoms with Crippen molar-refractivity contribution in [1.29, 1.82) is 0 Å². The summed E-state index contributed by atoms with van der Waals surface area (Å²) < 4.78 is 0. The first-order chi connectivity index (χ1) is 6.68. The molecule has 1 aromatic carbocycles. The van der Waals surface area contributed by atoms with Gasteiger partial charge < -0.3 is 5.32 Å². The fraction of sp³-hybridized carbons (Fsp3) is 0.417. The van der Waals surface area contributed by atoms with Crippen LogP contribution < -0.4 is 5.32 Å². The summed E-state index contributed by atoms with van der Waals surface area (Å²) in [6.07, 6.45) is 0.538. The fourth-order valence-electron chi connectivity index (χ4n) is 2.00. The summed E-state index contributed by atoms with van der Waals surface area (Å²) >= 11 is 0. The molecular weight excluding hydrogens is 174 g/mol. The largest absolute Gasteiger partial charge is 0.352 e. The van der Waals surface area contributed by atoms with Crippen LogP contribution in [-0.4, -0.2) is 5.91 Å². The van der Waals surface area contributed by atoms with Gasteiger partial charge in [0.15, 0.2) is 0 Å². The van der Waals surface area contributed by atoms with Crippen molar-refractivity contribution < 1.29 is 4.79 Å². The van der Waals surface area contributed by atoms with Crippen LogP contribution in [0, 0.1) is 0 Å². The maximum absolute atomic E-state index is 11.2. The van der Waals surface area contributed by atoms with Gasteiger partial charge >= 0.3 is 0 Å². The predicted molar refractivity (Wildman–Crippen MR) is 56.1 cm³/mol. The maximum atomic E-state index is 11.2. The normalized spacial score (nSPS) is 15.2. The van der Waals surface area contributed by atoms with E-state index in [1.807, 2.05) is 6.07 Å². The predicted octanol–water partition coefficient (Wildman–Crippen LogP) is 1.98. The van der Waals surface area contributed by atoms with Crippen molar-refractivity contribution in [3.8, 4) is 0 Å². The average molecular weight is 189 g/mol. The second-order valence-corrected chi connectivity index (χ2v) is 4.09. The summed E-state index contributed by atoms with van der Waals surface area (Å²) in [4.78, 5) is 11.2. The maximum Gasteiger partial charge on any atom is 0.224 e. The van der Waals surface area contributed by atoms with Gasteiger partial charge in [-0.1, -0.05) is 32.0 Å². The molecule has 0 saturated carbocycles. The first-order valence-electron chi connectivity index (χ1n) is 5.06. The number of hydrogen-bond acceptors (Lipinski definition) is 1. The molecule has 1 amide bonds. The Morgan fingerprint density at radius 1 is 1.36 bits per heavy atom. The SMILES string of the molecule is CC(C)c1cccc2c1CNC(=O)C2. The Hall–Kier alpha value is -1.31. The third kappa shape index (κ3) is 1.52. The topological polar surface area (TPSA) is 29.1 Å². The van der Waals surface area contributed by atoms with Crippen LogP contribution in [0.5, 0.6) is 0 Å². The van der Waals surface area contributed by atoms with E-state index in [9.17, 15) is 4.79 Å². The average Bonchev–Trinajstić information content (AvgIpc) is 2.16. The number of hydrogen-bond donors (Lipinski definition) is 1. The van der Waals surface area contributed by atoms with E-state index in [1.165, 1.54) is 16.7 Å². The van der Waals surface area contributed by atoms with Gasteiger partial charge in [0.2, 0.25) is 5.91 Å². The Bertz CT molecular complexity index is 369. The van der Waals surface area contributed by atoms with E-state index in [1.54, 1.807) is 0 Å². The Morgan fingerprint density at radius 3 is 2.86 bits per heavy atom. The standard InChI is InChI=1S/C12H15NO/c1-8(2)10-5-3-4-9-6-12(14)13-7-11(9)10/h3-5,8H,6-7H2,1-2H3,(H,13,14).